The summed E-state index contributed by atoms with van der Waals surface area (Å²) < 4.78 is 26.5. The van der Waals surface area contributed by atoms with Crippen LogP contribution in [0.5, 0.6) is 0 Å². The number of carbonyl (C=O) groups is 2. The first-order valence-electron chi connectivity index (χ1n) is 7.50. The van der Waals surface area contributed by atoms with Gasteiger partial charge in [0.2, 0.25) is 10.0 Å². The minimum absolute atomic E-state index is 0.0590. The maximum Gasteiger partial charge on any atom is 0.303 e. The summed E-state index contributed by atoms with van der Waals surface area (Å²) in [6.45, 7) is 1.32. The predicted octanol–water partition coefficient (Wildman–Crippen LogP) is 1.52. The van der Waals surface area contributed by atoms with E-state index in [-0.39, 0.29) is 16.2 Å². The third kappa shape index (κ3) is 4.52. The smallest absolute Gasteiger partial charge is 0.303 e. The van der Waals surface area contributed by atoms with Crippen LogP contribution in [0.1, 0.15) is 41.8 Å². The molecule has 23 heavy (non-hydrogen) atoms. The summed E-state index contributed by atoms with van der Waals surface area (Å²) >= 11 is 1.10. The van der Waals surface area contributed by atoms with Crippen LogP contribution < -0.4 is 5.32 Å². The zero-order valence-electron chi connectivity index (χ0n) is 12.7. The van der Waals surface area contributed by atoms with Gasteiger partial charge in [-0.15, -0.1) is 11.3 Å². The van der Waals surface area contributed by atoms with Crippen LogP contribution in [0.3, 0.4) is 0 Å². The van der Waals surface area contributed by atoms with Crippen LogP contribution in [-0.2, 0) is 14.8 Å². The Bertz CT molecular complexity index is 662. The summed E-state index contributed by atoms with van der Waals surface area (Å²) in [7, 11) is -3.61. The number of nitrogens with one attached hydrogen (secondary N) is 1. The maximum atomic E-state index is 12.6. The van der Waals surface area contributed by atoms with Crippen molar-refractivity contribution in [2.45, 2.75) is 37.0 Å². The molecule has 0 unspecified atom stereocenters. The highest BCUT2D eigenvalue weighted by molar-refractivity contribution is 7.89. The molecule has 2 heterocycles. The van der Waals surface area contributed by atoms with Crippen molar-refractivity contribution in [3.8, 4) is 0 Å². The van der Waals surface area contributed by atoms with Gasteiger partial charge in [-0.1, -0.05) is 0 Å². The van der Waals surface area contributed by atoms with E-state index in [0.717, 1.165) is 24.2 Å². The van der Waals surface area contributed by atoms with Gasteiger partial charge in [0.25, 0.3) is 5.91 Å². The number of rotatable bonds is 8. The van der Waals surface area contributed by atoms with Crippen molar-refractivity contribution in [2.75, 3.05) is 19.6 Å². The van der Waals surface area contributed by atoms with Crippen molar-refractivity contribution in [3.63, 3.8) is 0 Å². The van der Waals surface area contributed by atoms with Crippen molar-refractivity contribution in [1.82, 2.24) is 9.62 Å². The Morgan fingerprint density at radius 2 is 1.96 bits per heavy atom. The zero-order chi connectivity index (χ0) is 16.9. The van der Waals surface area contributed by atoms with Crippen molar-refractivity contribution >= 4 is 33.2 Å². The fourth-order valence-corrected chi connectivity index (χ4v) is 5.25. The molecule has 0 aromatic carbocycles. The number of sulfonamides is 1. The summed E-state index contributed by atoms with van der Waals surface area (Å²) in [6, 6.07) is 1.47. The average molecular weight is 360 g/mol. The lowest BCUT2D eigenvalue weighted by Gasteiger charge is -2.15. The van der Waals surface area contributed by atoms with Crippen molar-refractivity contribution < 1.29 is 23.1 Å². The minimum atomic E-state index is -3.61. The number of carboxylic acid groups (broad SMARTS) is 1. The van der Waals surface area contributed by atoms with Gasteiger partial charge in [0.1, 0.15) is 9.77 Å². The van der Waals surface area contributed by atoms with E-state index in [1.54, 1.807) is 5.38 Å². The second-order valence-corrected chi connectivity index (χ2v) is 8.15. The molecule has 1 aromatic heterocycles. The van der Waals surface area contributed by atoms with Crippen LogP contribution >= 0.6 is 11.3 Å². The number of amides is 1. The van der Waals surface area contributed by atoms with Crippen LogP contribution in [0, 0.1) is 0 Å². The van der Waals surface area contributed by atoms with Crippen molar-refractivity contribution in [2.24, 2.45) is 0 Å². The summed E-state index contributed by atoms with van der Waals surface area (Å²) in [5, 5.41) is 12.8. The first-order valence-corrected chi connectivity index (χ1v) is 9.82. The molecule has 1 saturated heterocycles. The third-order valence-electron chi connectivity index (χ3n) is 3.62. The fraction of sp³-hybridized carbons (Fsp3) is 0.571. The van der Waals surface area contributed by atoms with Crippen LogP contribution in [0.4, 0.5) is 0 Å². The van der Waals surface area contributed by atoms with Crippen molar-refractivity contribution in [3.05, 3.63) is 16.3 Å². The van der Waals surface area contributed by atoms with Gasteiger partial charge in [0, 0.05) is 26.1 Å². The summed E-state index contributed by atoms with van der Waals surface area (Å²) in [5.41, 5.74) is 0. The van der Waals surface area contributed by atoms with Crippen LogP contribution in [0.25, 0.3) is 0 Å². The summed E-state index contributed by atoms with van der Waals surface area (Å²) in [4.78, 5) is 22.8. The molecule has 1 aliphatic heterocycles. The lowest BCUT2D eigenvalue weighted by molar-refractivity contribution is -0.137. The van der Waals surface area contributed by atoms with Gasteiger partial charge in [0.15, 0.2) is 0 Å². The van der Waals surface area contributed by atoms with E-state index in [2.05, 4.69) is 5.32 Å². The van der Waals surface area contributed by atoms with Gasteiger partial charge in [0.05, 0.1) is 0 Å². The number of unbranched alkanes of at least 4 members (excludes halogenated alkanes) is 1. The largest absolute Gasteiger partial charge is 0.481 e. The Morgan fingerprint density at radius 3 is 2.61 bits per heavy atom. The molecule has 0 radical (unpaired) electrons. The number of carboxylic acids is 1. The van der Waals surface area contributed by atoms with Gasteiger partial charge < -0.3 is 10.4 Å². The van der Waals surface area contributed by atoms with Gasteiger partial charge in [-0.05, 0) is 37.1 Å². The number of aliphatic carboxylic acids is 1. The van der Waals surface area contributed by atoms with Crippen LogP contribution in [0.15, 0.2) is 16.3 Å². The van der Waals surface area contributed by atoms with E-state index >= 15 is 0 Å². The SMILES string of the molecule is O=C(O)CCCCNC(=O)c1sccc1S(=O)(=O)N1CCCC1. The molecular formula is C14H20N2O5S2. The molecule has 128 valence electrons. The van der Waals surface area contributed by atoms with Gasteiger partial charge in [-0.2, -0.15) is 4.31 Å². The number of carbonyl (C=O) groups excluding carboxylic acids is 1. The Labute approximate surface area is 139 Å². The van der Waals surface area contributed by atoms with Gasteiger partial charge >= 0.3 is 5.97 Å². The second kappa shape index (κ2) is 7.89. The van der Waals surface area contributed by atoms with E-state index in [1.807, 2.05) is 0 Å². The topological polar surface area (TPSA) is 104 Å². The monoisotopic (exact) mass is 360 g/mol. The van der Waals surface area contributed by atoms with E-state index in [9.17, 15) is 18.0 Å². The van der Waals surface area contributed by atoms with E-state index in [0.29, 0.717) is 32.5 Å². The second-order valence-electron chi connectivity index (χ2n) is 5.33. The Kier molecular flexibility index (Phi) is 6.14. The highest BCUT2D eigenvalue weighted by Crippen LogP contribution is 2.27. The van der Waals surface area contributed by atoms with Crippen LogP contribution in [0.2, 0.25) is 0 Å². The Hall–Kier alpha value is -1.45. The first kappa shape index (κ1) is 17.9. The minimum Gasteiger partial charge on any atom is -0.481 e. The molecule has 2 rings (SSSR count). The van der Waals surface area contributed by atoms with Crippen LogP contribution in [-0.4, -0.2) is 49.3 Å². The van der Waals surface area contributed by atoms with Crippen molar-refractivity contribution in [1.29, 1.82) is 0 Å². The maximum absolute atomic E-state index is 12.6. The fourth-order valence-electron chi connectivity index (χ4n) is 2.42. The number of nitrogens with zero attached hydrogens (tertiary/aromatic N) is 1. The molecule has 1 amide bonds. The molecular weight excluding hydrogens is 340 g/mol. The quantitative estimate of drug-likeness (QED) is 0.684. The lowest BCUT2D eigenvalue weighted by Crippen LogP contribution is -2.30. The van der Waals surface area contributed by atoms with E-state index in [1.165, 1.54) is 10.4 Å². The molecule has 0 saturated carbocycles. The normalized spacial score (nSPS) is 15.7. The molecule has 1 aromatic rings. The highest BCUT2D eigenvalue weighted by Gasteiger charge is 2.31. The molecule has 9 heteroatoms. The molecule has 1 fully saturated rings. The molecule has 0 atom stereocenters. The first-order chi connectivity index (χ1) is 10.9. The Balaban J connectivity index is 1.97. The molecule has 0 aliphatic carbocycles. The molecule has 0 bridgehead atoms. The van der Waals surface area contributed by atoms with E-state index in [4.69, 9.17) is 5.11 Å². The number of hydrogen-bond donors (Lipinski definition) is 2. The van der Waals surface area contributed by atoms with Gasteiger partial charge in [-0.25, -0.2) is 8.42 Å². The lowest BCUT2D eigenvalue weighted by atomic mass is 10.2. The summed E-state index contributed by atoms with van der Waals surface area (Å²) in [6.07, 6.45) is 2.75. The van der Waals surface area contributed by atoms with Gasteiger partial charge in [-0.3, -0.25) is 9.59 Å². The zero-order valence-corrected chi connectivity index (χ0v) is 14.3. The molecule has 0 spiro atoms. The number of hydrogen-bond acceptors (Lipinski definition) is 5. The number of thiophene rings is 1. The molecule has 2 N–H and O–H groups in total. The molecule has 7 nitrogen and oxygen atoms in total. The standard InChI is InChI=1S/C14H20N2O5S2/c17-12(18)5-1-2-7-15-14(19)13-11(6-10-22-13)23(20,21)16-8-3-4-9-16/h6,10H,1-5,7-9H2,(H,15,19)(H,17,18). The van der Waals surface area contributed by atoms with E-state index < -0.39 is 21.9 Å². The average Bonchev–Trinajstić information content (AvgIpc) is 3.18. The molecule has 1 aliphatic rings. The Morgan fingerprint density at radius 1 is 1.26 bits per heavy atom. The summed E-state index contributed by atoms with van der Waals surface area (Å²) in [5.74, 6) is -1.29. The highest BCUT2D eigenvalue weighted by atomic mass is 32.2. The predicted molar refractivity (Wildman–Crippen MR) is 86.1 cm³/mol. The third-order valence-corrected chi connectivity index (χ3v) is 6.60.